The van der Waals surface area contributed by atoms with Crippen molar-refractivity contribution < 1.29 is 37.4 Å². The number of anilines is 1. The molecule has 0 bridgehead atoms. The highest BCUT2D eigenvalue weighted by atomic mass is 35.5. The van der Waals surface area contributed by atoms with E-state index in [2.05, 4.69) is 41.5 Å². The van der Waals surface area contributed by atoms with Gasteiger partial charge in [0.2, 0.25) is 5.91 Å². The number of benzene rings is 2. The number of halogens is 4. The smallest absolute Gasteiger partial charge is 0.407 e. The molecule has 1 saturated carbocycles. The van der Waals surface area contributed by atoms with Crippen LogP contribution in [-0.2, 0) is 9.53 Å². The van der Waals surface area contributed by atoms with Crippen molar-refractivity contribution in [1.29, 1.82) is 0 Å². The van der Waals surface area contributed by atoms with Crippen molar-refractivity contribution in [1.82, 2.24) is 10.6 Å². The Hall–Kier alpha value is -2.96. The molecule has 3 rings (SSSR count). The lowest BCUT2D eigenvalue weighted by Crippen LogP contribution is -2.34. The number of aliphatic hydroxyl groups is 1. The lowest BCUT2D eigenvalue weighted by atomic mass is 9.99. The summed E-state index contributed by atoms with van der Waals surface area (Å²) in [5.41, 5.74) is 0.0896. The first-order valence-electron chi connectivity index (χ1n) is 13.9. The van der Waals surface area contributed by atoms with Crippen LogP contribution in [-0.4, -0.2) is 55.1 Å². The number of aliphatic hydroxyl groups excluding tert-OH is 1. The number of nitrogens with one attached hydrogen (secondary N) is 3. The molecule has 1 fully saturated rings. The van der Waals surface area contributed by atoms with Crippen LogP contribution in [0.3, 0.4) is 0 Å². The predicted octanol–water partition coefficient (Wildman–Crippen LogP) is 6.79. The largest absolute Gasteiger partial charge is 0.453 e. The van der Waals surface area contributed by atoms with Crippen LogP contribution in [0.1, 0.15) is 63.7 Å². The topological polar surface area (TPSA) is 117 Å². The van der Waals surface area contributed by atoms with E-state index in [1.54, 1.807) is 30.8 Å². The molecule has 0 heterocycles. The molecule has 4 atom stereocenters. The molecule has 1 aliphatic carbocycles. The summed E-state index contributed by atoms with van der Waals surface area (Å²) < 4.78 is 44.1. The third-order valence-corrected chi connectivity index (χ3v) is 8.37. The first kappa shape index (κ1) is 38.1. The first-order valence-corrected chi connectivity index (χ1v) is 15.2. The van der Waals surface area contributed by atoms with Gasteiger partial charge in [0.05, 0.1) is 24.8 Å². The molecule has 4 N–H and O–H groups in total. The summed E-state index contributed by atoms with van der Waals surface area (Å²) in [6.45, 7) is 8.15. The molecule has 0 radical (unpaired) electrons. The van der Waals surface area contributed by atoms with Crippen LogP contribution < -0.4 is 16.0 Å². The molecule has 0 saturated heterocycles. The minimum Gasteiger partial charge on any atom is -0.453 e. The molecule has 1 aliphatic rings. The van der Waals surface area contributed by atoms with Crippen LogP contribution in [0.4, 0.5) is 23.7 Å². The van der Waals surface area contributed by atoms with E-state index < -0.39 is 29.5 Å². The highest BCUT2D eigenvalue weighted by molar-refractivity contribution is 8.00. The van der Waals surface area contributed by atoms with Crippen molar-refractivity contribution in [3.8, 4) is 0 Å². The zero-order valence-corrected chi connectivity index (χ0v) is 26.8. The fourth-order valence-corrected chi connectivity index (χ4v) is 5.93. The number of amides is 3. The summed E-state index contributed by atoms with van der Waals surface area (Å²) in [5.74, 6) is -4.39. The van der Waals surface area contributed by atoms with Gasteiger partial charge in [-0.15, -0.1) is 11.8 Å². The molecule has 0 aromatic heterocycles. The van der Waals surface area contributed by atoms with Gasteiger partial charge in [-0.2, -0.15) is 0 Å². The third kappa shape index (κ3) is 13.1. The Labute approximate surface area is 260 Å². The van der Waals surface area contributed by atoms with E-state index in [0.717, 1.165) is 29.9 Å². The van der Waals surface area contributed by atoms with Gasteiger partial charge in [-0.3, -0.25) is 9.59 Å². The van der Waals surface area contributed by atoms with Gasteiger partial charge in [-0.05, 0) is 56.2 Å². The third-order valence-electron chi connectivity index (χ3n) is 6.22. The number of carbonyl (C=O) groups excluding carboxylic acids is 3. The second-order valence-corrected chi connectivity index (χ2v) is 11.7. The molecule has 4 unspecified atom stereocenters. The summed E-state index contributed by atoms with van der Waals surface area (Å²) in [6.07, 6.45) is 3.07. The molecule has 8 nitrogen and oxygen atoms in total. The molecule has 13 heteroatoms. The zero-order valence-electron chi connectivity index (χ0n) is 25.2. The molecule has 3 amide bonds. The number of ether oxygens (including phenoxy) is 1. The highest BCUT2D eigenvalue weighted by Gasteiger charge is 2.35. The minimum absolute atomic E-state index is 0.0524. The van der Waals surface area contributed by atoms with Gasteiger partial charge >= 0.3 is 6.09 Å². The van der Waals surface area contributed by atoms with E-state index in [9.17, 15) is 32.7 Å². The van der Waals surface area contributed by atoms with Crippen LogP contribution in [0, 0.1) is 29.3 Å². The molecule has 43 heavy (non-hydrogen) atoms. The van der Waals surface area contributed by atoms with Crippen LogP contribution in [0.15, 0.2) is 35.2 Å². The minimum atomic E-state index is -1.59. The van der Waals surface area contributed by atoms with Gasteiger partial charge in [0.1, 0.15) is 0 Å². The van der Waals surface area contributed by atoms with Crippen molar-refractivity contribution in [3.05, 3.63) is 58.4 Å². The second-order valence-electron chi connectivity index (χ2n) is 10.1. The van der Waals surface area contributed by atoms with Gasteiger partial charge in [0, 0.05) is 40.6 Å². The van der Waals surface area contributed by atoms with E-state index in [0.29, 0.717) is 23.3 Å². The fraction of sp³-hybridized carbons (Fsp3) is 0.500. The van der Waals surface area contributed by atoms with Crippen molar-refractivity contribution in [2.45, 2.75) is 69.6 Å². The van der Waals surface area contributed by atoms with E-state index >= 15 is 0 Å². The maximum atomic E-state index is 13.4. The van der Waals surface area contributed by atoms with Crippen LogP contribution in [0.5, 0.6) is 0 Å². The van der Waals surface area contributed by atoms with Crippen molar-refractivity contribution in [2.24, 2.45) is 11.8 Å². The number of rotatable bonds is 8. The van der Waals surface area contributed by atoms with Crippen molar-refractivity contribution >= 4 is 47.0 Å². The Morgan fingerprint density at radius 1 is 1.12 bits per heavy atom. The summed E-state index contributed by atoms with van der Waals surface area (Å²) in [4.78, 5) is 34.1. The van der Waals surface area contributed by atoms with Crippen molar-refractivity contribution in [3.63, 3.8) is 0 Å². The molecule has 2 aromatic carbocycles. The highest BCUT2D eigenvalue weighted by Crippen LogP contribution is 2.46. The number of thioether (sulfide) groups is 1. The summed E-state index contributed by atoms with van der Waals surface area (Å²) >= 11 is 7.95. The van der Waals surface area contributed by atoms with Gasteiger partial charge in [0.15, 0.2) is 17.5 Å². The molecule has 2 aromatic rings. The molecule has 0 aliphatic heterocycles. The van der Waals surface area contributed by atoms with Crippen LogP contribution in [0.25, 0.3) is 0 Å². The fourth-order valence-electron chi connectivity index (χ4n) is 4.20. The molecular weight excluding hydrogens is 607 g/mol. The Bertz CT molecular complexity index is 1180. The number of hydrogen-bond donors (Lipinski definition) is 4. The summed E-state index contributed by atoms with van der Waals surface area (Å²) in [6, 6.07) is 6.21. The lowest BCUT2D eigenvalue weighted by Gasteiger charge is -2.24. The zero-order chi connectivity index (χ0) is 32.7. The molecule has 0 spiro atoms. The second kappa shape index (κ2) is 19.3. The van der Waals surface area contributed by atoms with Crippen molar-refractivity contribution in [2.75, 3.05) is 26.0 Å². The van der Waals surface area contributed by atoms with E-state index in [1.807, 2.05) is 0 Å². The number of methoxy groups -OCH3 is 1. The number of likely N-dealkylation sites (N-methyl/N-ethyl adjacent to an activating group) is 1. The normalized spacial score (nSPS) is 17.8. The average molecular weight is 648 g/mol. The van der Waals surface area contributed by atoms with Gasteiger partial charge in [-0.1, -0.05) is 38.8 Å². The van der Waals surface area contributed by atoms with E-state index in [4.69, 9.17) is 11.6 Å². The Morgan fingerprint density at radius 3 is 2.26 bits per heavy atom. The summed E-state index contributed by atoms with van der Waals surface area (Å²) in [7, 11) is 2.72. The molecule has 240 valence electrons. The first-order chi connectivity index (χ1) is 20.3. The van der Waals surface area contributed by atoms with Gasteiger partial charge < -0.3 is 25.8 Å². The maximum absolute atomic E-state index is 13.4. The average Bonchev–Trinajstić information content (AvgIpc) is 3.29. The van der Waals surface area contributed by atoms with Crippen LogP contribution in [0.2, 0.25) is 5.02 Å². The Balaban J connectivity index is 0.000000599. The van der Waals surface area contributed by atoms with Gasteiger partial charge in [0.25, 0.3) is 5.91 Å². The Kier molecular flexibility index (Phi) is 17.1. The quantitative estimate of drug-likeness (QED) is 0.235. The lowest BCUT2D eigenvalue weighted by molar-refractivity contribution is -0.119. The number of alkyl carbamates (subject to hydrolysis) is 1. The SMILES string of the molecule is CC(O)CC1CCC(C)C1Sc1cc(C(=O)Nc2cc(F)c(F)c(F)c2)ccc1Cl.CCC.CNC(=O)CNC(=O)OC. The van der Waals surface area contributed by atoms with E-state index in [-0.39, 0.29) is 35.1 Å². The standard InChI is InChI=1S/C22H23ClF3NO2S.C5H10N2O3.C3H8/c1-11-3-4-13(7-12(2)28)21(11)30-19-8-14(5-6-16(19)23)22(29)27-15-9-17(24)20(26)18(25)10-15;1-6-4(8)3-7-5(9)10-2;1-3-2/h5-6,8-13,21,28H,3-4,7H2,1-2H3,(H,27,29);3H2,1-2H3,(H,6,8)(H,7,9);3H2,1-2H3. The maximum Gasteiger partial charge on any atom is 0.407 e. The summed E-state index contributed by atoms with van der Waals surface area (Å²) in [5, 5.41) is 17.5. The number of hydrogen-bond acceptors (Lipinski definition) is 6. The Morgan fingerprint density at radius 2 is 1.72 bits per heavy atom. The van der Waals surface area contributed by atoms with E-state index in [1.165, 1.54) is 26.6 Å². The monoisotopic (exact) mass is 647 g/mol. The van der Waals surface area contributed by atoms with Crippen LogP contribution >= 0.6 is 23.4 Å². The predicted molar refractivity (Wildman–Crippen MR) is 164 cm³/mol. The molecular formula is C30H41ClF3N3O5S. The number of carbonyl (C=O) groups is 3. The van der Waals surface area contributed by atoms with Gasteiger partial charge in [-0.25, -0.2) is 18.0 Å².